The van der Waals surface area contributed by atoms with E-state index in [2.05, 4.69) is 0 Å². The molecule has 1 rings (SSSR count). The molecule has 1 aliphatic rings. The molecule has 0 aromatic rings. The first-order valence-corrected chi connectivity index (χ1v) is 3.92. The van der Waals surface area contributed by atoms with Gasteiger partial charge in [0.25, 0.3) is 0 Å². The second kappa shape index (κ2) is 3.89. The van der Waals surface area contributed by atoms with Crippen molar-refractivity contribution in [2.24, 2.45) is 5.92 Å². The smallest absolute Gasteiger partial charge is 0.0462 e. The highest BCUT2D eigenvalue weighted by Gasteiger charge is 2.19. The molecule has 1 nitrogen and oxygen atoms in total. The molecule has 1 fully saturated rings. The molecule has 0 amide bonds. The molecular formula is C8H16O. The fourth-order valence-corrected chi connectivity index (χ4v) is 1.09. The Labute approximate surface area is 57.4 Å². The Morgan fingerprint density at radius 2 is 2.11 bits per heavy atom. The van der Waals surface area contributed by atoms with E-state index in [1.165, 1.54) is 32.1 Å². The van der Waals surface area contributed by atoms with Gasteiger partial charge in [0, 0.05) is 13.7 Å². The maximum atomic E-state index is 4.94. The molecule has 1 aliphatic carbocycles. The number of hydrogen-bond donors (Lipinski definition) is 0. The summed E-state index contributed by atoms with van der Waals surface area (Å²) in [5.74, 6) is 1.10. The van der Waals surface area contributed by atoms with Gasteiger partial charge >= 0.3 is 0 Å². The maximum absolute atomic E-state index is 4.94. The van der Waals surface area contributed by atoms with Crippen LogP contribution in [0.5, 0.6) is 0 Å². The fraction of sp³-hybridized carbons (Fsp3) is 1.00. The van der Waals surface area contributed by atoms with Gasteiger partial charge in [-0.15, -0.1) is 0 Å². The van der Waals surface area contributed by atoms with Crippen molar-refractivity contribution in [3.05, 3.63) is 0 Å². The molecule has 1 saturated carbocycles. The van der Waals surface area contributed by atoms with Gasteiger partial charge < -0.3 is 4.74 Å². The molecule has 0 radical (unpaired) electrons. The number of rotatable bonds is 5. The Morgan fingerprint density at radius 3 is 2.67 bits per heavy atom. The molecular weight excluding hydrogens is 112 g/mol. The second-order valence-corrected chi connectivity index (χ2v) is 2.93. The zero-order chi connectivity index (χ0) is 6.53. The Morgan fingerprint density at radius 1 is 1.33 bits per heavy atom. The summed E-state index contributed by atoms with van der Waals surface area (Å²) in [7, 11) is 1.77. The average molecular weight is 128 g/mol. The van der Waals surface area contributed by atoms with E-state index in [1.54, 1.807) is 7.11 Å². The highest BCUT2D eigenvalue weighted by Crippen LogP contribution is 2.33. The van der Waals surface area contributed by atoms with Crippen molar-refractivity contribution in [3.8, 4) is 0 Å². The highest BCUT2D eigenvalue weighted by atomic mass is 16.5. The van der Waals surface area contributed by atoms with Crippen LogP contribution in [0.3, 0.4) is 0 Å². The lowest BCUT2D eigenvalue weighted by Crippen LogP contribution is -1.88. The lowest BCUT2D eigenvalue weighted by atomic mass is 10.2. The second-order valence-electron chi connectivity index (χ2n) is 2.93. The molecule has 0 aliphatic heterocycles. The average Bonchev–Trinajstić information content (AvgIpc) is 2.63. The summed E-state index contributed by atoms with van der Waals surface area (Å²) in [5, 5.41) is 0. The Hall–Kier alpha value is -0.0400. The van der Waals surface area contributed by atoms with E-state index in [0.29, 0.717) is 0 Å². The number of unbranched alkanes of at least 4 members (excludes halogenated alkanes) is 1. The summed E-state index contributed by atoms with van der Waals surface area (Å²) >= 11 is 0. The van der Waals surface area contributed by atoms with Crippen molar-refractivity contribution in [1.82, 2.24) is 0 Å². The largest absolute Gasteiger partial charge is 0.385 e. The van der Waals surface area contributed by atoms with Crippen LogP contribution in [-0.4, -0.2) is 13.7 Å². The monoisotopic (exact) mass is 128 g/mol. The Balaban J connectivity index is 1.71. The molecule has 0 aromatic carbocycles. The molecule has 54 valence electrons. The minimum atomic E-state index is 0.951. The first-order valence-electron chi connectivity index (χ1n) is 3.92. The number of ether oxygens (including phenoxy) is 1. The Kier molecular flexibility index (Phi) is 3.05. The predicted molar refractivity (Wildman–Crippen MR) is 38.5 cm³/mol. The third-order valence-electron chi connectivity index (χ3n) is 1.91. The fourth-order valence-electron chi connectivity index (χ4n) is 1.09. The molecule has 9 heavy (non-hydrogen) atoms. The SMILES string of the molecule is COCCCCC1CC1. The molecule has 0 spiro atoms. The molecule has 1 heteroatoms. The van der Waals surface area contributed by atoms with E-state index in [0.717, 1.165) is 12.5 Å². The quantitative estimate of drug-likeness (QED) is 0.516. The van der Waals surface area contributed by atoms with Gasteiger partial charge in [-0.1, -0.05) is 25.7 Å². The van der Waals surface area contributed by atoms with Crippen molar-refractivity contribution in [2.75, 3.05) is 13.7 Å². The third kappa shape index (κ3) is 3.52. The molecule has 0 bridgehead atoms. The minimum Gasteiger partial charge on any atom is -0.385 e. The van der Waals surface area contributed by atoms with Gasteiger partial charge in [0.05, 0.1) is 0 Å². The molecule has 0 N–H and O–H groups in total. The standard InChI is InChI=1S/C8H16O/c1-9-7-3-2-4-8-5-6-8/h8H,2-7H2,1H3. The summed E-state index contributed by atoms with van der Waals surface area (Å²) in [6.45, 7) is 0.951. The summed E-state index contributed by atoms with van der Waals surface area (Å²) in [6, 6.07) is 0. The highest BCUT2D eigenvalue weighted by molar-refractivity contribution is 4.72. The van der Waals surface area contributed by atoms with Gasteiger partial charge in [0.2, 0.25) is 0 Å². The molecule has 0 heterocycles. The van der Waals surface area contributed by atoms with Gasteiger partial charge in [-0.25, -0.2) is 0 Å². The van der Waals surface area contributed by atoms with Gasteiger partial charge in [0.15, 0.2) is 0 Å². The van der Waals surface area contributed by atoms with Crippen LogP contribution in [-0.2, 0) is 4.74 Å². The summed E-state index contributed by atoms with van der Waals surface area (Å²) in [5.41, 5.74) is 0. The lowest BCUT2D eigenvalue weighted by molar-refractivity contribution is 0.191. The van der Waals surface area contributed by atoms with E-state index in [1.807, 2.05) is 0 Å². The van der Waals surface area contributed by atoms with Crippen molar-refractivity contribution < 1.29 is 4.74 Å². The molecule has 0 atom stereocenters. The Bertz CT molecular complexity index is 67.0. The van der Waals surface area contributed by atoms with E-state index in [-0.39, 0.29) is 0 Å². The van der Waals surface area contributed by atoms with Crippen molar-refractivity contribution >= 4 is 0 Å². The summed E-state index contributed by atoms with van der Waals surface area (Å²) < 4.78 is 4.94. The van der Waals surface area contributed by atoms with Crippen LogP contribution < -0.4 is 0 Å². The van der Waals surface area contributed by atoms with Gasteiger partial charge in [-0.05, 0) is 12.3 Å². The molecule has 0 saturated heterocycles. The topological polar surface area (TPSA) is 9.23 Å². The zero-order valence-corrected chi connectivity index (χ0v) is 6.23. The van der Waals surface area contributed by atoms with Crippen LogP contribution in [0.15, 0.2) is 0 Å². The van der Waals surface area contributed by atoms with Crippen LogP contribution in [0.25, 0.3) is 0 Å². The van der Waals surface area contributed by atoms with Gasteiger partial charge in [-0.2, -0.15) is 0 Å². The number of hydrogen-bond acceptors (Lipinski definition) is 1. The van der Waals surface area contributed by atoms with Crippen LogP contribution in [0.2, 0.25) is 0 Å². The van der Waals surface area contributed by atoms with Gasteiger partial charge in [-0.3, -0.25) is 0 Å². The zero-order valence-electron chi connectivity index (χ0n) is 6.23. The first kappa shape index (κ1) is 7.07. The van der Waals surface area contributed by atoms with Crippen LogP contribution in [0, 0.1) is 5.92 Å². The van der Waals surface area contributed by atoms with Crippen molar-refractivity contribution in [3.63, 3.8) is 0 Å². The maximum Gasteiger partial charge on any atom is 0.0462 e. The van der Waals surface area contributed by atoms with Crippen molar-refractivity contribution in [1.29, 1.82) is 0 Å². The van der Waals surface area contributed by atoms with E-state index in [4.69, 9.17) is 4.74 Å². The minimum absolute atomic E-state index is 0.951. The summed E-state index contributed by atoms with van der Waals surface area (Å²) in [6.07, 6.45) is 7.06. The van der Waals surface area contributed by atoms with E-state index < -0.39 is 0 Å². The summed E-state index contributed by atoms with van der Waals surface area (Å²) in [4.78, 5) is 0. The predicted octanol–water partition coefficient (Wildman–Crippen LogP) is 2.21. The third-order valence-corrected chi connectivity index (χ3v) is 1.91. The van der Waals surface area contributed by atoms with E-state index >= 15 is 0 Å². The van der Waals surface area contributed by atoms with E-state index in [9.17, 15) is 0 Å². The van der Waals surface area contributed by atoms with Crippen molar-refractivity contribution in [2.45, 2.75) is 32.1 Å². The van der Waals surface area contributed by atoms with Crippen LogP contribution >= 0.6 is 0 Å². The van der Waals surface area contributed by atoms with Crippen LogP contribution in [0.1, 0.15) is 32.1 Å². The van der Waals surface area contributed by atoms with Gasteiger partial charge in [0.1, 0.15) is 0 Å². The van der Waals surface area contributed by atoms with Crippen LogP contribution in [0.4, 0.5) is 0 Å². The number of methoxy groups -OCH3 is 1. The lowest BCUT2D eigenvalue weighted by Gasteiger charge is -1.96. The molecule has 0 aromatic heterocycles. The first-order chi connectivity index (χ1) is 4.43. The normalized spacial score (nSPS) is 18.3. The molecule has 0 unspecified atom stereocenters.